The molecule has 1 N–H and O–H groups in total. The Kier molecular flexibility index (Phi) is 6.81. The van der Waals surface area contributed by atoms with E-state index in [1.54, 1.807) is 0 Å². The number of piperazine rings is 1. The summed E-state index contributed by atoms with van der Waals surface area (Å²) in [7, 11) is 0. The van der Waals surface area contributed by atoms with E-state index in [4.69, 9.17) is 9.97 Å². The maximum atomic E-state index is 4.89. The molecule has 3 heterocycles. The molecule has 5 rings (SSSR count). The molecule has 2 aromatic heterocycles. The summed E-state index contributed by atoms with van der Waals surface area (Å²) in [5.74, 6) is 1.06. The van der Waals surface area contributed by atoms with Crippen LogP contribution in [0.3, 0.4) is 0 Å². The Morgan fingerprint density at radius 1 is 1.06 bits per heavy atom. The van der Waals surface area contributed by atoms with Crippen molar-refractivity contribution in [1.82, 2.24) is 29.7 Å². The van der Waals surface area contributed by atoms with Gasteiger partial charge >= 0.3 is 0 Å². The van der Waals surface area contributed by atoms with Crippen LogP contribution in [0.15, 0.2) is 42.6 Å². The molecule has 0 amide bonds. The minimum absolute atomic E-state index is 0.380. The smallest absolute Gasteiger partial charge is 0.121 e. The first-order valence-corrected chi connectivity index (χ1v) is 12.4. The van der Waals surface area contributed by atoms with Crippen LogP contribution < -0.4 is 0 Å². The van der Waals surface area contributed by atoms with Gasteiger partial charge in [-0.3, -0.25) is 9.88 Å². The largest absolute Gasteiger partial charge is 0.341 e. The number of benzene rings is 1. The van der Waals surface area contributed by atoms with Crippen molar-refractivity contribution in [2.24, 2.45) is 0 Å². The fourth-order valence-corrected chi connectivity index (χ4v) is 5.38. The second kappa shape index (κ2) is 10.1. The normalized spacial score (nSPS) is 20.1. The van der Waals surface area contributed by atoms with E-state index in [0.29, 0.717) is 6.04 Å². The highest BCUT2D eigenvalue weighted by Crippen LogP contribution is 2.33. The Morgan fingerprint density at radius 3 is 2.75 bits per heavy atom. The molecule has 170 valence electrons. The Morgan fingerprint density at radius 2 is 1.91 bits per heavy atom. The minimum atomic E-state index is 0.380. The molecular weight excluding hydrogens is 396 g/mol. The lowest BCUT2D eigenvalue weighted by Gasteiger charge is -2.36. The van der Waals surface area contributed by atoms with Crippen molar-refractivity contribution in [3.8, 4) is 0 Å². The molecule has 3 aromatic rings. The monoisotopic (exact) mass is 432 g/mol. The van der Waals surface area contributed by atoms with E-state index in [9.17, 15) is 0 Å². The average Bonchev–Trinajstić information content (AvgIpc) is 3.26. The molecule has 0 radical (unpaired) electrons. The van der Waals surface area contributed by atoms with Gasteiger partial charge in [0.05, 0.1) is 29.3 Å². The SMILES string of the molecule is CCN1CCN(CCCN(Cc2nc3ccccc3[nH]2)[C@H]2CCCc3cccnc32)CC1. The van der Waals surface area contributed by atoms with Gasteiger partial charge in [-0.15, -0.1) is 0 Å². The molecular formula is C26H36N6. The highest BCUT2D eigenvalue weighted by Gasteiger charge is 2.28. The zero-order valence-corrected chi connectivity index (χ0v) is 19.3. The van der Waals surface area contributed by atoms with E-state index in [1.807, 2.05) is 6.20 Å². The highest BCUT2D eigenvalue weighted by molar-refractivity contribution is 5.74. The van der Waals surface area contributed by atoms with Crippen LogP contribution in [0.1, 0.15) is 49.3 Å². The number of para-hydroxylation sites is 2. The first-order valence-electron chi connectivity index (χ1n) is 12.4. The molecule has 0 unspecified atom stereocenters. The number of hydrogen-bond acceptors (Lipinski definition) is 5. The van der Waals surface area contributed by atoms with E-state index in [0.717, 1.165) is 36.4 Å². The van der Waals surface area contributed by atoms with Gasteiger partial charge in [-0.25, -0.2) is 4.98 Å². The number of rotatable bonds is 8. The van der Waals surface area contributed by atoms with Crippen molar-refractivity contribution >= 4 is 11.0 Å². The molecule has 1 aromatic carbocycles. The van der Waals surface area contributed by atoms with Crippen molar-refractivity contribution in [3.63, 3.8) is 0 Å². The summed E-state index contributed by atoms with van der Waals surface area (Å²) in [4.78, 5) is 21.1. The zero-order valence-electron chi connectivity index (χ0n) is 19.3. The Bertz CT molecular complexity index is 973. The predicted molar refractivity (Wildman–Crippen MR) is 130 cm³/mol. The van der Waals surface area contributed by atoms with Gasteiger partial charge in [0.25, 0.3) is 0 Å². The van der Waals surface area contributed by atoms with Gasteiger partial charge in [0, 0.05) is 38.9 Å². The average molecular weight is 433 g/mol. The summed E-state index contributed by atoms with van der Waals surface area (Å²) >= 11 is 0. The number of aromatic nitrogens is 3. The lowest BCUT2D eigenvalue weighted by Crippen LogP contribution is -2.46. The number of likely N-dealkylation sites (N-methyl/N-ethyl adjacent to an activating group) is 1. The number of aryl methyl sites for hydroxylation is 1. The number of nitrogens with zero attached hydrogens (tertiary/aromatic N) is 5. The van der Waals surface area contributed by atoms with E-state index < -0.39 is 0 Å². The van der Waals surface area contributed by atoms with Crippen LogP contribution >= 0.6 is 0 Å². The van der Waals surface area contributed by atoms with Crippen LogP contribution in [-0.4, -0.2) is 75.5 Å². The van der Waals surface area contributed by atoms with Gasteiger partial charge in [0.15, 0.2) is 0 Å². The minimum Gasteiger partial charge on any atom is -0.341 e. The third-order valence-corrected chi connectivity index (χ3v) is 7.23. The predicted octanol–water partition coefficient (Wildman–Crippen LogP) is 3.87. The maximum Gasteiger partial charge on any atom is 0.121 e. The standard InChI is InChI=1S/C26H36N6/c1-2-30-16-18-31(19-17-30)14-7-15-32(20-25-28-22-10-3-4-11-23(22)29-25)24-12-5-8-21-9-6-13-27-26(21)24/h3-4,6,9-11,13,24H,2,5,7-8,12,14-20H2,1H3,(H,28,29)/t24-/m0/s1. The quantitative estimate of drug-likeness (QED) is 0.586. The van der Waals surface area contributed by atoms with E-state index in [1.165, 1.54) is 69.8 Å². The molecule has 1 aliphatic carbocycles. The summed E-state index contributed by atoms with van der Waals surface area (Å²) in [6.07, 6.45) is 6.72. The van der Waals surface area contributed by atoms with E-state index in [2.05, 4.69) is 63.0 Å². The summed E-state index contributed by atoms with van der Waals surface area (Å²) in [6.45, 7) is 11.4. The van der Waals surface area contributed by atoms with Crippen LogP contribution in [0.5, 0.6) is 0 Å². The first kappa shape index (κ1) is 21.6. The highest BCUT2D eigenvalue weighted by atomic mass is 15.3. The summed E-state index contributed by atoms with van der Waals surface area (Å²) in [6, 6.07) is 13.1. The summed E-state index contributed by atoms with van der Waals surface area (Å²) < 4.78 is 0. The third kappa shape index (κ3) is 4.87. The lowest BCUT2D eigenvalue weighted by atomic mass is 9.90. The maximum absolute atomic E-state index is 4.89. The molecule has 1 fully saturated rings. The molecule has 6 nitrogen and oxygen atoms in total. The summed E-state index contributed by atoms with van der Waals surface area (Å²) in [5.41, 5.74) is 4.89. The van der Waals surface area contributed by atoms with E-state index in [-0.39, 0.29) is 0 Å². The van der Waals surface area contributed by atoms with Crippen LogP contribution in [0.4, 0.5) is 0 Å². The lowest BCUT2D eigenvalue weighted by molar-refractivity contribution is 0.118. The van der Waals surface area contributed by atoms with Crippen molar-refractivity contribution < 1.29 is 0 Å². The topological polar surface area (TPSA) is 51.3 Å². The summed E-state index contributed by atoms with van der Waals surface area (Å²) in [5, 5.41) is 0. The molecule has 6 heteroatoms. The fourth-order valence-electron chi connectivity index (χ4n) is 5.38. The van der Waals surface area contributed by atoms with Gasteiger partial charge in [-0.2, -0.15) is 0 Å². The molecule has 0 spiro atoms. The molecule has 1 atom stereocenters. The molecule has 2 aliphatic rings. The van der Waals surface area contributed by atoms with E-state index >= 15 is 0 Å². The second-order valence-electron chi connectivity index (χ2n) is 9.26. The number of aromatic amines is 1. The van der Waals surface area contributed by atoms with Gasteiger partial charge in [-0.05, 0) is 62.5 Å². The number of pyridine rings is 1. The number of fused-ring (bicyclic) bond motifs is 2. The Labute approximate surface area is 191 Å². The van der Waals surface area contributed by atoms with Gasteiger partial charge in [0.1, 0.15) is 5.82 Å². The van der Waals surface area contributed by atoms with Crippen LogP contribution in [0.25, 0.3) is 11.0 Å². The number of H-pyrrole nitrogens is 1. The van der Waals surface area contributed by atoms with Crippen molar-refractivity contribution in [2.75, 3.05) is 45.8 Å². The third-order valence-electron chi connectivity index (χ3n) is 7.23. The first-order chi connectivity index (χ1) is 15.8. The number of imidazole rings is 1. The van der Waals surface area contributed by atoms with Gasteiger partial charge in [-0.1, -0.05) is 25.1 Å². The number of nitrogens with one attached hydrogen (secondary N) is 1. The fraction of sp³-hybridized carbons (Fsp3) is 0.538. The number of hydrogen-bond donors (Lipinski definition) is 1. The van der Waals surface area contributed by atoms with Gasteiger partial charge < -0.3 is 14.8 Å². The van der Waals surface area contributed by atoms with Crippen LogP contribution in [-0.2, 0) is 13.0 Å². The van der Waals surface area contributed by atoms with Crippen LogP contribution in [0.2, 0.25) is 0 Å². The van der Waals surface area contributed by atoms with Gasteiger partial charge in [0.2, 0.25) is 0 Å². The molecule has 0 saturated carbocycles. The molecule has 0 bridgehead atoms. The molecule has 1 saturated heterocycles. The molecule has 32 heavy (non-hydrogen) atoms. The second-order valence-corrected chi connectivity index (χ2v) is 9.26. The molecule has 1 aliphatic heterocycles. The van der Waals surface area contributed by atoms with Crippen molar-refractivity contribution in [2.45, 2.75) is 45.2 Å². The Balaban J connectivity index is 1.30. The van der Waals surface area contributed by atoms with Crippen molar-refractivity contribution in [1.29, 1.82) is 0 Å². The Hall–Kier alpha value is -2.28. The van der Waals surface area contributed by atoms with Crippen molar-refractivity contribution in [3.05, 3.63) is 59.7 Å². The van der Waals surface area contributed by atoms with Crippen LogP contribution in [0, 0.1) is 0 Å². The zero-order chi connectivity index (χ0) is 21.8.